The van der Waals surface area contributed by atoms with Crippen LogP contribution in [0.3, 0.4) is 0 Å². The molecule has 1 saturated carbocycles. The molecule has 0 radical (unpaired) electrons. The molecule has 5 rings (SSSR count). The Kier molecular flexibility index (Phi) is 5.14. The van der Waals surface area contributed by atoms with E-state index in [-0.39, 0.29) is 11.4 Å². The van der Waals surface area contributed by atoms with Crippen LogP contribution in [0.4, 0.5) is 14.7 Å². The van der Waals surface area contributed by atoms with Crippen molar-refractivity contribution in [2.24, 2.45) is 0 Å². The minimum atomic E-state index is -0.449. The standard InChI is InChI=1S/C24H22F2N4S/c25-19-14-27-23(28-15-19)29-11-12-30(24(16-29)9-10-24)22(31)21-18(7-4-8-20(21)26)13-17-5-2-1-3-6-17/h1-8,14-15H,9-13,16H2. The zero-order valence-electron chi connectivity index (χ0n) is 17.0. The van der Waals surface area contributed by atoms with Crippen molar-refractivity contribution in [2.75, 3.05) is 24.5 Å². The minimum absolute atomic E-state index is 0.140. The molecule has 3 aromatic rings. The van der Waals surface area contributed by atoms with Gasteiger partial charge in [0.25, 0.3) is 0 Å². The maximum atomic E-state index is 15.0. The van der Waals surface area contributed by atoms with E-state index < -0.39 is 5.82 Å². The molecule has 0 atom stereocenters. The number of benzene rings is 2. The van der Waals surface area contributed by atoms with E-state index in [9.17, 15) is 4.39 Å². The first-order valence-corrected chi connectivity index (χ1v) is 10.8. The summed E-state index contributed by atoms with van der Waals surface area (Å²) in [6.45, 7) is 2.00. The maximum Gasteiger partial charge on any atom is 0.225 e. The van der Waals surface area contributed by atoms with Crippen molar-refractivity contribution in [1.82, 2.24) is 14.9 Å². The number of nitrogens with zero attached hydrogens (tertiary/aromatic N) is 4. The van der Waals surface area contributed by atoms with Gasteiger partial charge in [-0.25, -0.2) is 18.7 Å². The highest BCUT2D eigenvalue weighted by Gasteiger charge is 2.53. The van der Waals surface area contributed by atoms with Gasteiger partial charge in [0.1, 0.15) is 10.8 Å². The molecule has 2 fully saturated rings. The number of aromatic nitrogens is 2. The number of halogens is 2. The van der Waals surface area contributed by atoms with E-state index in [1.54, 1.807) is 6.07 Å². The molecule has 0 N–H and O–H groups in total. The van der Waals surface area contributed by atoms with Crippen LogP contribution < -0.4 is 4.90 Å². The second-order valence-corrected chi connectivity index (χ2v) is 8.63. The minimum Gasteiger partial charge on any atom is -0.353 e. The zero-order valence-corrected chi connectivity index (χ0v) is 17.8. The van der Waals surface area contributed by atoms with Crippen molar-refractivity contribution < 1.29 is 8.78 Å². The first-order valence-electron chi connectivity index (χ1n) is 10.4. The van der Waals surface area contributed by atoms with E-state index in [1.165, 1.54) is 18.5 Å². The molecular weight excluding hydrogens is 414 g/mol. The Bertz CT molecular complexity index is 1100. The fourth-order valence-electron chi connectivity index (χ4n) is 4.41. The van der Waals surface area contributed by atoms with Gasteiger partial charge < -0.3 is 9.80 Å². The third kappa shape index (κ3) is 3.90. The highest BCUT2D eigenvalue weighted by Crippen LogP contribution is 2.46. The SMILES string of the molecule is Fc1cnc(N2CCN(C(=S)c3c(F)cccc3Cc3ccccc3)C3(CC3)C2)nc1. The number of hydrogen-bond acceptors (Lipinski definition) is 4. The van der Waals surface area contributed by atoms with E-state index in [1.807, 2.05) is 36.4 Å². The third-order valence-corrected chi connectivity index (χ3v) is 6.59. The summed E-state index contributed by atoms with van der Waals surface area (Å²) in [5.41, 5.74) is 2.41. The molecular formula is C24H22F2N4S. The quantitative estimate of drug-likeness (QED) is 0.567. The second kappa shape index (κ2) is 7.96. The lowest BCUT2D eigenvalue weighted by Gasteiger charge is -2.44. The average Bonchev–Trinajstić information content (AvgIpc) is 3.54. The van der Waals surface area contributed by atoms with Gasteiger partial charge in [-0.05, 0) is 36.5 Å². The van der Waals surface area contributed by atoms with Gasteiger partial charge in [0.05, 0.1) is 17.9 Å². The van der Waals surface area contributed by atoms with Crippen molar-refractivity contribution in [3.63, 3.8) is 0 Å². The summed E-state index contributed by atoms with van der Waals surface area (Å²) in [5, 5.41) is 0. The molecule has 1 spiro atoms. The Balaban J connectivity index is 1.40. The highest BCUT2D eigenvalue weighted by molar-refractivity contribution is 7.80. The van der Waals surface area contributed by atoms with Gasteiger partial charge in [0, 0.05) is 25.2 Å². The smallest absolute Gasteiger partial charge is 0.225 e. The monoisotopic (exact) mass is 436 g/mol. The van der Waals surface area contributed by atoms with Crippen molar-refractivity contribution in [1.29, 1.82) is 0 Å². The summed E-state index contributed by atoms with van der Waals surface area (Å²) in [4.78, 5) is 13.1. The van der Waals surface area contributed by atoms with Crippen LogP contribution in [0.25, 0.3) is 0 Å². The second-order valence-electron chi connectivity index (χ2n) is 8.24. The van der Waals surface area contributed by atoms with E-state index in [0.29, 0.717) is 42.6 Å². The Morgan fingerprint density at radius 3 is 2.42 bits per heavy atom. The van der Waals surface area contributed by atoms with Crippen LogP contribution in [-0.2, 0) is 6.42 Å². The number of thiocarbonyl (C=S) groups is 1. The molecule has 1 aliphatic heterocycles. The molecule has 158 valence electrons. The van der Waals surface area contributed by atoms with Crippen molar-refractivity contribution in [3.8, 4) is 0 Å². The summed E-state index contributed by atoms with van der Waals surface area (Å²) in [7, 11) is 0. The van der Waals surface area contributed by atoms with Crippen molar-refractivity contribution in [3.05, 3.63) is 89.2 Å². The third-order valence-electron chi connectivity index (χ3n) is 6.16. The molecule has 2 aromatic carbocycles. The lowest BCUT2D eigenvalue weighted by molar-refractivity contribution is 0.262. The van der Waals surface area contributed by atoms with E-state index in [2.05, 4.69) is 19.8 Å². The van der Waals surface area contributed by atoms with Crippen LogP contribution in [0.15, 0.2) is 60.9 Å². The molecule has 0 amide bonds. The molecule has 2 aliphatic rings. The lowest BCUT2D eigenvalue weighted by Crippen LogP contribution is -2.57. The van der Waals surface area contributed by atoms with E-state index in [4.69, 9.17) is 12.2 Å². The first kappa shape index (κ1) is 20.0. The van der Waals surface area contributed by atoms with Gasteiger partial charge in [-0.2, -0.15) is 0 Å². The van der Waals surface area contributed by atoms with Gasteiger partial charge in [0.2, 0.25) is 5.95 Å². The largest absolute Gasteiger partial charge is 0.353 e. The predicted molar refractivity (Wildman–Crippen MR) is 120 cm³/mol. The summed E-state index contributed by atoms with van der Waals surface area (Å²) >= 11 is 5.88. The van der Waals surface area contributed by atoms with Crippen molar-refractivity contribution >= 4 is 23.2 Å². The molecule has 0 bridgehead atoms. The van der Waals surface area contributed by atoms with Crippen LogP contribution in [0.2, 0.25) is 0 Å². The van der Waals surface area contributed by atoms with E-state index in [0.717, 1.165) is 24.0 Å². The molecule has 2 heterocycles. The van der Waals surface area contributed by atoms with Gasteiger partial charge >= 0.3 is 0 Å². The molecule has 1 aliphatic carbocycles. The Labute approximate surface area is 185 Å². The van der Waals surface area contributed by atoms with Gasteiger partial charge in [-0.1, -0.05) is 54.7 Å². The van der Waals surface area contributed by atoms with Crippen LogP contribution in [-0.4, -0.2) is 45.0 Å². The number of piperazine rings is 1. The summed E-state index contributed by atoms with van der Waals surface area (Å²) < 4.78 is 28.2. The number of rotatable bonds is 4. The van der Waals surface area contributed by atoms with Crippen LogP contribution in [0.5, 0.6) is 0 Å². The molecule has 4 nitrogen and oxygen atoms in total. The first-order chi connectivity index (χ1) is 15.1. The normalized spacial score (nSPS) is 17.1. The number of hydrogen-bond donors (Lipinski definition) is 0. The molecule has 0 unspecified atom stereocenters. The maximum absolute atomic E-state index is 15.0. The topological polar surface area (TPSA) is 32.3 Å². The summed E-state index contributed by atoms with van der Waals surface area (Å²) in [6.07, 6.45) is 4.97. The van der Waals surface area contributed by atoms with Crippen LogP contribution in [0.1, 0.15) is 29.5 Å². The van der Waals surface area contributed by atoms with Gasteiger partial charge in [-0.3, -0.25) is 0 Å². The lowest BCUT2D eigenvalue weighted by atomic mass is 9.97. The van der Waals surface area contributed by atoms with Crippen LogP contribution in [0, 0.1) is 11.6 Å². The van der Waals surface area contributed by atoms with E-state index >= 15 is 4.39 Å². The molecule has 31 heavy (non-hydrogen) atoms. The Morgan fingerprint density at radius 1 is 0.968 bits per heavy atom. The Morgan fingerprint density at radius 2 is 1.71 bits per heavy atom. The average molecular weight is 437 g/mol. The van der Waals surface area contributed by atoms with Crippen LogP contribution >= 0.6 is 12.2 Å². The summed E-state index contributed by atoms with van der Waals surface area (Å²) in [6, 6.07) is 15.2. The molecule has 7 heteroatoms. The molecule has 1 saturated heterocycles. The fourth-order valence-corrected chi connectivity index (χ4v) is 4.93. The van der Waals surface area contributed by atoms with Gasteiger partial charge in [-0.15, -0.1) is 0 Å². The summed E-state index contributed by atoms with van der Waals surface area (Å²) in [5.74, 6) is -0.206. The van der Waals surface area contributed by atoms with Crippen molar-refractivity contribution in [2.45, 2.75) is 24.8 Å². The highest BCUT2D eigenvalue weighted by atomic mass is 32.1. The predicted octanol–water partition coefficient (Wildman–Crippen LogP) is 4.38. The fraction of sp³-hybridized carbons (Fsp3) is 0.292. The number of anilines is 1. The van der Waals surface area contributed by atoms with Gasteiger partial charge in [0.15, 0.2) is 5.82 Å². The zero-order chi connectivity index (χ0) is 21.4. The Hall–Kier alpha value is -2.93. The molecule has 1 aromatic heterocycles.